The Morgan fingerprint density at radius 3 is 2.50 bits per heavy atom. The van der Waals surface area contributed by atoms with Gasteiger partial charge in [-0.15, -0.1) is 0 Å². The molecule has 1 aromatic carbocycles. The number of hydrogen-bond donors (Lipinski definition) is 0. The lowest BCUT2D eigenvalue weighted by Crippen LogP contribution is -2.49. The average molecular weight is 417 g/mol. The van der Waals surface area contributed by atoms with E-state index in [-0.39, 0.29) is 17.5 Å². The fourth-order valence-electron chi connectivity index (χ4n) is 3.52. The fraction of sp³-hybridized carbons (Fsp3) is 0.250. The van der Waals surface area contributed by atoms with Gasteiger partial charge < -0.3 is 14.0 Å². The van der Waals surface area contributed by atoms with Gasteiger partial charge in [0.25, 0.3) is 11.5 Å². The topological polar surface area (TPSA) is 60.1 Å². The first-order chi connectivity index (χ1) is 13.3. The minimum Gasteiger partial charge on any atom is -0.329 e. The molecular weight excluding hydrogens is 399 g/mol. The smallest absolute Gasteiger partial charge is 0.275 e. The third kappa shape index (κ3) is 3.34. The Morgan fingerprint density at radius 2 is 1.86 bits per heavy atom. The second-order valence-corrected chi connectivity index (χ2v) is 7.87. The van der Waals surface area contributed by atoms with Crippen LogP contribution in [0, 0.1) is 6.92 Å². The third-order valence-electron chi connectivity index (χ3n) is 4.88. The molecule has 2 aromatic heterocycles. The predicted octanol–water partition coefficient (Wildman–Crippen LogP) is 3.69. The molecule has 4 rings (SSSR count). The van der Waals surface area contributed by atoms with Crippen LogP contribution < -0.4 is 5.56 Å². The van der Waals surface area contributed by atoms with E-state index < -0.39 is 0 Å². The van der Waals surface area contributed by atoms with Crippen molar-refractivity contribution in [3.8, 4) is 5.69 Å². The summed E-state index contributed by atoms with van der Waals surface area (Å²) in [6.07, 6.45) is 3.38. The summed E-state index contributed by atoms with van der Waals surface area (Å²) >= 11 is 12.2. The first-order valence-electron chi connectivity index (χ1n) is 8.84. The van der Waals surface area contributed by atoms with Crippen LogP contribution in [0.25, 0.3) is 5.69 Å². The zero-order valence-electron chi connectivity index (χ0n) is 15.4. The third-order valence-corrected chi connectivity index (χ3v) is 5.31. The molecule has 8 heteroatoms. The number of fused-ring (bicyclic) bond motifs is 1. The van der Waals surface area contributed by atoms with Gasteiger partial charge in [0.05, 0.1) is 12.0 Å². The molecular formula is C20H18Cl2N4O2. The number of carbonyl (C=O) groups excluding carboxylic acids is 1. The van der Waals surface area contributed by atoms with Crippen LogP contribution in [0.3, 0.4) is 0 Å². The number of benzene rings is 1. The number of aromatic nitrogens is 3. The highest BCUT2D eigenvalue weighted by atomic mass is 35.5. The molecule has 0 radical (unpaired) electrons. The summed E-state index contributed by atoms with van der Waals surface area (Å²) in [5.41, 5.74) is 2.30. The molecule has 0 unspecified atom stereocenters. The molecule has 0 fully saturated rings. The van der Waals surface area contributed by atoms with E-state index in [0.29, 0.717) is 34.5 Å². The summed E-state index contributed by atoms with van der Waals surface area (Å²) in [7, 11) is 0. The maximum Gasteiger partial charge on any atom is 0.275 e. The van der Waals surface area contributed by atoms with Crippen LogP contribution in [0.2, 0.25) is 10.0 Å². The zero-order valence-corrected chi connectivity index (χ0v) is 16.9. The number of aryl methyl sites for hydroxylation is 1. The second kappa shape index (κ2) is 7.11. The highest BCUT2D eigenvalue weighted by molar-refractivity contribution is 6.34. The highest BCUT2D eigenvalue weighted by Gasteiger charge is 2.31. The van der Waals surface area contributed by atoms with E-state index in [1.807, 2.05) is 13.8 Å². The number of nitrogens with zero attached hydrogens (tertiary/aromatic N) is 4. The molecule has 3 aromatic rings. The highest BCUT2D eigenvalue weighted by Crippen LogP contribution is 2.24. The van der Waals surface area contributed by atoms with Crippen molar-refractivity contribution in [1.82, 2.24) is 19.0 Å². The minimum atomic E-state index is -0.208. The van der Waals surface area contributed by atoms with Crippen LogP contribution in [0.15, 0.2) is 47.7 Å². The molecule has 3 heterocycles. The van der Waals surface area contributed by atoms with Crippen LogP contribution in [-0.4, -0.2) is 31.0 Å². The average Bonchev–Trinajstić information content (AvgIpc) is 3.05. The van der Waals surface area contributed by atoms with Gasteiger partial charge in [-0.05, 0) is 49.7 Å². The Hall–Kier alpha value is -2.57. The van der Waals surface area contributed by atoms with Crippen molar-refractivity contribution >= 4 is 29.1 Å². The van der Waals surface area contributed by atoms with E-state index >= 15 is 0 Å². The number of carbonyl (C=O) groups is 1. The number of halogens is 2. The van der Waals surface area contributed by atoms with Crippen LogP contribution in [0.4, 0.5) is 0 Å². The molecule has 28 heavy (non-hydrogen) atoms. The van der Waals surface area contributed by atoms with E-state index in [1.54, 1.807) is 56.9 Å². The summed E-state index contributed by atoms with van der Waals surface area (Å²) < 4.78 is 3.22. The maximum absolute atomic E-state index is 13.1. The van der Waals surface area contributed by atoms with E-state index in [9.17, 15) is 9.59 Å². The van der Waals surface area contributed by atoms with Gasteiger partial charge in [0.15, 0.2) is 0 Å². The minimum absolute atomic E-state index is 0.157. The molecule has 0 spiro atoms. The Balaban J connectivity index is 1.70. The van der Waals surface area contributed by atoms with Gasteiger partial charge in [0.1, 0.15) is 11.4 Å². The number of pyridine rings is 1. The summed E-state index contributed by atoms with van der Waals surface area (Å²) in [4.78, 5) is 32.0. The van der Waals surface area contributed by atoms with Crippen LogP contribution in [0.1, 0.15) is 28.7 Å². The summed E-state index contributed by atoms with van der Waals surface area (Å²) in [6.45, 7) is 4.57. The van der Waals surface area contributed by atoms with Crippen molar-refractivity contribution in [1.29, 1.82) is 0 Å². The summed E-state index contributed by atoms with van der Waals surface area (Å²) in [5, 5.41) is 1.05. The van der Waals surface area contributed by atoms with Gasteiger partial charge in [0.2, 0.25) is 0 Å². The molecule has 1 amide bonds. The maximum atomic E-state index is 13.1. The van der Waals surface area contributed by atoms with E-state index in [2.05, 4.69) is 4.98 Å². The van der Waals surface area contributed by atoms with Crippen molar-refractivity contribution in [2.24, 2.45) is 0 Å². The number of hydrogen-bond acceptors (Lipinski definition) is 3. The van der Waals surface area contributed by atoms with Crippen molar-refractivity contribution < 1.29 is 4.79 Å². The lowest BCUT2D eigenvalue weighted by atomic mass is 10.1. The summed E-state index contributed by atoms with van der Waals surface area (Å²) in [6, 6.07) is 8.44. The van der Waals surface area contributed by atoms with Gasteiger partial charge in [-0.2, -0.15) is 0 Å². The van der Waals surface area contributed by atoms with Gasteiger partial charge in [-0.1, -0.05) is 23.2 Å². The van der Waals surface area contributed by atoms with Crippen LogP contribution in [-0.2, 0) is 13.1 Å². The molecule has 1 aliphatic heterocycles. The molecule has 0 N–H and O–H groups in total. The molecule has 0 aliphatic carbocycles. The SMILES string of the molecule is Cc1cn(-c2ccc3n(c2=O)C[C@@H](C)N(Cc2cc(Cl)cc(Cl)c2)C3=O)cn1. The van der Waals surface area contributed by atoms with Gasteiger partial charge in [-0.3, -0.25) is 9.59 Å². The molecule has 0 saturated carbocycles. The normalized spacial score (nSPS) is 16.4. The quantitative estimate of drug-likeness (QED) is 0.653. The van der Waals surface area contributed by atoms with E-state index in [4.69, 9.17) is 23.2 Å². The number of imidazole rings is 1. The molecule has 1 aliphatic rings. The van der Waals surface area contributed by atoms with Crippen LogP contribution in [0.5, 0.6) is 0 Å². The van der Waals surface area contributed by atoms with Crippen molar-refractivity contribution in [3.63, 3.8) is 0 Å². The number of amides is 1. The Bertz CT molecular complexity index is 1120. The number of rotatable bonds is 3. The van der Waals surface area contributed by atoms with Crippen molar-refractivity contribution in [2.45, 2.75) is 33.0 Å². The van der Waals surface area contributed by atoms with Crippen molar-refractivity contribution in [2.75, 3.05) is 0 Å². The monoisotopic (exact) mass is 416 g/mol. The first-order valence-corrected chi connectivity index (χ1v) is 9.60. The first kappa shape index (κ1) is 18.8. The fourth-order valence-corrected chi connectivity index (χ4v) is 4.09. The Kier molecular flexibility index (Phi) is 4.77. The van der Waals surface area contributed by atoms with Crippen molar-refractivity contribution in [3.05, 3.63) is 80.2 Å². The Labute approximate surface area is 171 Å². The van der Waals surface area contributed by atoms with Gasteiger partial charge in [0, 0.05) is 35.4 Å². The zero-order chi connectivity index (χ0) is 20.0. The van der Waals surface area contributed by atoms with Crippen LogP contribution >= 0.6 is 23.2 Å². The molecule has 6 nitrogen and oxygen atoms in total. The van der Waals surface area contributed by atoms with E-state index in [1.165, 1.54) is 0 Å². The lowest BCUT2D eigenvalue weighted by molar-refractivity contribution is 0.0590. The van der Waals surface area contributed by atoms with Gasteiger partial charge in [-0.25, -0.2) is 4.98 Å². The molecule has 1 atom stereocenters. The molecule has 0 saturated heterocycles. The standard InChI is InChI=1S/C20H18Cl2N4O2/c1-12-8-24(11-23-12)17-3-4-18-20(28)25(13(2)9-26(18)19(17)27)10-14-5-15(21)7-16(22)6-14/h3-8,11,13H,9-10H2,1-2H3/t13-/m1/s1. The molecule has 0 bridgehead atoms. The van der Waals surface area contributed by atoms with E-state index in [0.717, 1.165) is 11.3 Å². The lowest BCUT2D eigenvalue weighted by Gasteiger charge is -2.35. The second-order valence-electron chi connectivity index (χ2n) is 7.00. The summed E-state index contributed by atoms with van der Waals surface area (Å²) in [5.74, 6) is -0.194. The largest absolute Gasteiger partial charge is 0.329 e. The Morgan fingerprint density at radius 1 is 1.14 bits per heavy atom. The van der Waals surface area contributed by atoms with Gasteiger partial charge >= 0.3 is 0 Å². The predicted molar refractivity (Wildman–Crippen MR) is 108 cm³/mol. The molecule has 144 valence electrons.